The van der Waals surface area contributed by atoms with Gasteiger partial charge in [0.15, 0.2) is 11.4 Å². The van der Waals surface area contributed by atoms with Gasteiger partial charge in [0.1, 0.15) is 11.5 Å². The quantitative estimate of drug-likeness (QED) is 0.728. The third-order valence-electron chi connectivity index (χ3n) is 2.52. The van der Waals surface area contributed by atoms with Gasteiger partial charge in [0.2, 0.25) is 0 Å². The van der Waals surface area contributed by atoms with Crippen molar-refractivity contribution in [3.05, 3.63) is 17.0 Å². The molecule has 0 radical (unpaired) electrons. The first-order valence-electron chi connectivity index (χ1n) is 5.04. The molecule has 2 rings (SSSR count). The predicted molar refractivity (Wildman–Crippen MR) is 60.1 cm³/mol. The number of anilines is 1. The van der Waals surface area contributed by atoms with Crippen LogP contribution >= 0.6 is 11.6 Å². The van der Waals surface area contributed by atoms with E-state index in [0.717, 1.165) is 6.54 Å². The number of morpholine rings is 1. The number of hydrogen-bond donors (Lipinski definition) is 0. The summed E-state index contributed by atoms with van der Waals surface area (Å²) in [5, 5.41) is 0.145. The summed E-state index contributed by atoms with van der Waals surface area (Å²) in [6, 6.07) is 0.237. The summed E-state index contributed by atoms with van der Waals surface area (Å²) in [4.78, 5) is 20.7. The fraction of sp³-hybridized carbons (Fsp3) is 0.500. The Bertz CT molecular complexity index is 400. The van der Waals surface area contributed by atoms with Gasteiger partial charge in [0.25, 0.3) is 0 Å². The first kappa shape index (κ1) is 11.3. The smallest absolute Gasteiger partial charge is 0.171 e. The van der Waals surface area contributed by atoms with E-state index in [1.807, 2.05) is 6.92 Å². The van der Waals surface area contributed by atoms with E-state index < -0.39 is 0 Å². The summed E-state index contributed by atoms with van der Waals surface area (Å²) in [5.41, 5.74) is 0.173. The molecule has 0 amide bonds. The molecule has 86 valence electrons. The molecule has 2 heterocycles. The lowest BCUT2D eigenvalue weighted by atomic mass is 10.2. The molecule has 1 aliphatic heterocycles. The zero-order valence-electron chi connectivity index (χ0n) is 8.89. The number of aldehydes is 1. The SMILES string of the molecule is C[C@@H]1COCCN1c1cnc(C=O)c(Cl)n1. The molecule has 5 nitrogen and oxygen atoms in total. The van der Waals surface area contributed by atoms with Crippen molar-refractivity contribution in [2.45, 2.75) is 13.0 Å². The van der Waals surface area contributed by atoms with Gasteiger partial charge in [-0.1, -0.05) is 11.6 Å². The van der Waals surface area contributed by atoms with E-state index in [4.69, 9.17) is 16.3 Å². The number of halogens is 1. The van der Waals surface area contributed by atoms with Gasteiger partial charge >= 0.3 is 0 Å². The monoisotopic (exact) mass is 241 g/mol. The highest BCUT2D eigenvalue weighted by molar-refractivity contribution is 6.31. The van der Waals surface area contributed by atoms with E-state index in [2.05, 4.69) is 14.9 Å². The van der Waals surface area contributed by atoms with Crippen molar-refractivity contribution in [1.82, 2.24) is 9.97 Å². The van der Waals surface area contributed by atoms with E-state index in [-0.39, 0.29) is 16.9 Å². The van der Waals surface area contributed by atoms with Crippen molar-refractivity contribution in [2.75, 3.05) is 24.7 Å². The van der Waals surface area contributed by atoms with Crippen molar-refractivity contribution in [2.24, 2.45) is 0 Å². The Hall–Kier alpha value is -1.20. The number of carbonyl (C=O) groups is 1. The van der Waals surface area contributed by atoms with Crippen LogP contribution in [0.15, 0.2) is 6.20 Å². The van der Waals surface area contributed by atoms with Crippen LogP contribution in [0.25, 0.3) is 0 Å². The summed E-state index contributed by atoms with van der Waals surface area (Å²) in [7, 11) is 0. The molecule has 6 heteroatoms. The van der Waals surface area contributed by atoms with Crippen molar-refractivity contribution in [3.8, 4) is 0 Å². The average molecular weight is 242 g/mol. The molecule has 0 aromatic carbocycles. The standard InChI is InChI=1S/C10H12ClN3O2/c1-7-6-16-3-2-14(7)9-4-12-8(5-15)10(11)13-9/h4-5,7H,2-3,6H2,1H3/t7-/m1/s1. The van der Waals surface area contributed by atoms with Crippen molar-refractivity contribution in [3.63, 3.8) is 0 Å². The second-order valence-corrected chi connectivity index (χ2v) is 4.00. The Balaban J connectivity index is 2.26. The van der Waals surface area contributed by atoms with Crippen LogP contribution in [0.4, 0.5) is 5.82 Å². The Morgan fingerprint density at radius 3 is 3.12 bits per heavy atom. The van der Waals surface area contributed by atoms with Crippen LogP contribution in [0.1, 0.15) is 17.4 Å². The summed E-state index contributed by atoms with van der Waals surface area (Å²) < 4.78 is 5.33. The first-order chi connectivity index (χ1) is 7.72. The number of aromatic nitrogens is 2. The minimum absolute atomic E-state index is 0.145. The van der Waals surface area contributed by atoms with Gasteiger partial charge in [-0.25, -0.2) is 9.97 Å². The largest absolute Gasteiger partial charge is 0.377 e. The molecule has 0 saturated carbocycles. The van der Waals surface area contributed by atoms with Gasteiger partial charge in [0.05, 0.1) is 25.5 Å². The lowest BCUT2D eigenvalue weighted by molar-refractivity contribution is 0.0984. The molecule has 1 aliphatic rings. The minimum atomic E-state index is 0.145. The second-order valence-electron chi connectivity index (χ2n) is 3.64. The van der Waals surface area contributed by atoms with Crippen LogP contribution in [0, 0.1) is 0 Å². The zero-order valence-corrected chi connectivity index (χ0v) is 9.65. The van der Waals surface area contributed by atoms with E-state index in [9.17, 15) is 4.79 Å². The lowest BCUT2D eigenvalue weighted by Crippen LogP contribution is -2.44. The number of rotatable bonds is 2. The maximum Gasteiger partial charge on any atom is 0.171 e. The van der Waals surface area contributed by atoms with Crippen LogP contribution in [-0.4, -0.2) is 42.1 Å². The third kappa shape index (κ3) is 2.15. The van der Waals surface area contributed by atoms with Crippen LogP contribution in [0.3, 0.4) is 0 Å². The summed E-state index contributed by atoms with van der Waals surface area (Å²) in [5.74, 6) is 0.686. The van der Waals surface area contributed by atoms with Crippen molar-refractivity contribution in [1.29, 1.82) is 0 Å². The molecule has 0 bridgehead atoms. The Morgan fingerprint density at radius 2 is 2.50 bits per heavy atom. The first-order valence-corrected chi connectivity index (χ1v) is 5.42. The molecule has 1 fully saturated rings. The second kappa shape index (κ2) is 4.76. The highest BCUT2D eigenvalue weighted by Gasteiger charge is 2.21. The normalized spacial score (nSPS) is 20.9. The number of hydrogen-bond acceptors (Lipinski definition) is 5. The zero-order chi connectivity index (χ0) is 11.5. The number of nitrogens with zero attached hydrogens (tertiary/aromatic N) is 3. The van der Waals surface area contributed by atoms with Gasteiger partial charge in [-0.2, -0.15) is 0 Å². The van der Waals surface area contributed by atoms with Gasteiger partial charge in [-0.3, -0.25) is 4.79 Å². The average Bonchev–Trinajstić information content (AvgIpc) is 2.29. The molecule has 1 atom stereocenters. The van der Waals surface area contributed by atoms with Crippen LogP contribution < -0.4 is 4.90 Å². The molecular formula is C10H12ClN3O2. The van der Waals surface area contributed by atoms with E-state index in [1.54, 1.807) is 6.20 Å². The topological polar surface area (TPSA) is 55.3 Å². The number of ether oxygens (including phenoxy) is 1. The summed E-state index contributed by atoms with van der Waals surface area (Å²) in [6.07, 6.45) is 2.17. The van der Waals surface area contributed by atoms with Gasteiger partial charge in [-0.05, 0) is 6.92 Å². The van der Waals surface area contributed by atoms with Crippen LogP contribution in [0.5, 0.6) is 0 Å². The van der Waals surface area contributed by atoms with Crippen LogP contribution in [0.2, 0.25) is 5.15 Å². The molecule has 0 aliphatic carbocycles. The molecule has 1 aromatic heterocycles. The Labute approximate surface area is 98.4 Å². The number of carbonyl (C=O) groups excluding carboxylic acids is 1. The summed E-state index contributed by atoms with van der Waals surface area (Å²) >= 11 is 5.83. The van der Waals surface area contributed by atoms with Gasteiger partial charge in [0, 0.05) is 6.54 Å². The maximum absolute atomic E-state index is 10.6. The van der Waals surface area contributed by atoms with Crippen molar-refractivity contribution < 1.29 is 9.53 Å². The summed E-state index contributed by atoms with van der Waals surface area (Å²) in [6.45, 7) is 4.13. The fourth-order valence-corrected chi connectivity index (χ4v) is 1.83. The van der Waals surface area contributed by atoms with E-state index >= 15 is 0 Å². The van der Waals surface area contributed by atoms with Crippen molar-refractivity contribution >= 4 is 23.7 Å². The van der Waals surface area contributed by atoms with Crippen LogP contribution in [-0.2, 0) is 4.74 Å². The highest BCUT2D eigenvalue weighted by Crippen LogP contribution is 2.19. The minimum Gasteiger partial charge on any atom is -0.377 e. The molecule has 1 aromatic rings. The van der Waals surface area contributed by atoms with E-state index in [1.165, 1.54) is 0 Å². The molecule has 0 spiro atoms. The Kier molecular flexibility index (Phi) is 3.36. The highest BCUT2D eigenvalue weighted by atomic mass is 35.5. The molecule has 1 saturated heterocycles. The molecule has 0 unspecified atom stereocenters. The molecule has 0 N–H and O–H groups in total. The molecular weight excluding hydrogens is 230 g/mol. The predicted octanol–water partition coefficient (Wildman–Crippen LogP) is 1.17. The Morgan fingerprint density at radius 1 is 1.69 bits per heavy atom. The third-order valence-corrected chi connectivity index (χ3v) is 2.79. The lowest BCUT2D eigenvalue weighted by Gasteiger charge is -2.34. The van der Waals surface area contributed by atoms with Gasteiger partial charge < -0.3 is 9.64 Å². The van der Waals surface area contributed by atoms with Gasteiger partial charge in [-0.15, -0.1) is 0 Å². The maximum atomic E-state index is 10.6. The molecule has 16 heavy (non-hydrogen) atoms. The van der Waals surface area contributed by atoms with E-state index in [0.29, 0.717) is 25.3 Å². The fourth-order valence-electron chi connectivity index (χ4n) is 1.65.